The zero-order valence-corrected chi connectivity index (χ0v) is 14.6. The van der Waals surface area contributed by atoms with Gasteiger partial charge < -0.3 is 14.9 Å². The van der Waals surface area contributed by atoms with E-state index in [4.69, 9.17) is 9.97 Å². The Kier molecular flexibility index (Phi) is 4.01. The second kappa shape index (κ2) is 6.33. The molecular formula is C20H22N4O. The van der Waals surface area contributed by atoms with Crippen molar-refractivity contribution in [2.75, 3.05) is 38.1 Å². The van der Waals surface area contributed by atoms with Crippen molar-refractivity contribution in [2.45, 2.75) is 6.92 Å². The van der Waals surface area contributed by atoms with Crippen LogP contribution in [0.2, 0.25) is 0 Å². The standard InChI is InChI=1S/C20H22N4O/c1-14-7-8-17-16(13-14)20(24-11-9-23(2)10-12-24)22-19(21-17)15-5-3-4-6-18(15)25/h3-8,13,25H,9-12H2,1-2H3. The van der Waals surface area contributed by atoms with Crippen LogP contribution in [0.4, 0.5) is 5.82 Å². The molecule has 2 aromatic carbocycles. The first-order valence-corrected chi connectivity index (χ1v) is 8.62. The van der Waals surface area contributed by atoms with E-state index in [1.54, 1.807) is 6.07 Å². The highest BCUT2D eigenvalue weighted by atomic mass is 16.3. The Morgan fingerprint density at radius 2 is 1.72 bits per heavy atom. The van der Waals surface area contributed by atoms with Crippen LogP contribution in [0.1, 0.15) is 5.56 Å². The highest BCUT2D eigenvalue weighted by Crippen LogP contribution is 2.32. The van der Waals surface area contributed by atoms with Crippen LogP contribution in [-0.4, -0.2) is 53.2 Å². The Morgan fingerprint density at radius 3 is 2.48 bits per heavy atom. The van der Waals surface area contributed by atoms with E-state index in [0.29, 0.717) is 11.4 Å². The quantitative estimate of drug-likeness (QED) is 0.780. The number of benzene rings is 2. The van der Waals surface area contributed by atoms with Gasteiger partial charge in [-0.3, -0.25) is 0 Å². The van der Waals surface area contributed by atoms with Crippen molar-refractivity contribution < 1.29 is 5.11 Å². The third-order valence-electron chi connectivity index (χ3n) is 4.78. The van der Waals surface area contributed by atoms with E-state index in [1.807, 2.05) is 24.3 Å². The Bertz CT molecular complexity index is 917. The first kappa shape index (κ1) is 15.8. The summed E-state index contributed by atoms with van der Waals surface area (Å²) in [5.74, 6) is 1.74. The first-order valence-electron chi connectivity index (χ1n) is 8.62. The minimum absolute atomic E-state index is 0.207. The van der Waals surface area contributed by atoms with Crippen LogP contribution in [0.3, 0.4) is 0 Å². The van der Waals surface area contributed by atoms with Crippen molar-refractivity contribution in [3.05, 3.63) is 48.0 Å². The number of likely N-dealkylation sites (N-methyl/N-ethyl adjacent to an activating group) is 1. The molecule has 4 rings (SSSR count). The fourth-order valence-corrected chi connectivity index (χ4v) is 3.27. The van der Waals surface area contributed by atoms with Gasteiger partial charge in [-0.15, -0.1) is 0 Å². The van der Waals surface area contributed by atoms with Crippen LogP contribution in [0.5, 0.6) is 5.75 Å². The number of aromatic nitrogens is 2. The lowest BCUT2D eigenvalue weighted by molar-refractivity contribution is 0.312. The summed E-state index contributed by atoms with van der Waals surface area (Å²) in [4.78, 5) is 14.2. The maximum atomic E-state index is 10.2. The lowest BCUT2D eigenvalue weighted by atomic mass is 10.1. The summed E-state index contributed by atoms with van der Waals surface area (Å²) < 4.78 is 0. The number of nitrogens with zero attached hydrogens (tertiary/aromatic N) is 4. The van der Waals surface area contributed by atoms with Crippen molar-refractivity contribution in [1.29, 1.82) is 0 Å². The minimum Gasteiger partial charge on any atom is -0.507 e. The van der Waals surface area contributed by atoms with Gasteiger partial charge in [-0.1, -0.05) is 23.8 Å². The summed E-state index contributed by atoms with van der Waals surface area (Å²) in [6.07, 6.45) is 0. The van der Waals surface area contributed by atoms with Crippen LogP contribution in [0.15, 0.2) is 42.5 Å². The van der Waals surface area contributed by atoms with Crippen molar-refractivity contribution in [2.24, 2.45) is 0 Å². The summed E-state index contributed by atoms with van der Waals surface area (Å²) in [5, 5.41) is 11.3. The number of para-hydroxylation sites is 1. The molecule has 0 saturated carbocycles. The van der Waals surface area contributed by atoms with Crippen molar-refractivity contribution in [3.63, 3.8) is 0 Å². The number of hydrogen-bond acceptors (Lipinski definition) is 5. The predicted octanol–water partition coefficient (Wildman–Crippen LogP) is 3.06. The number of phenols is 1. The van der Waals surface area contributed by atoms with Gasteiger partial charge in [0.1, 0.15) is 11.6 Å². The van der Waals surface area contributed by atoms with Crippen molar-refractivity contribution in [1.82, 2.24) is 14.9 Å². The molecule has 0 bridgehead atoms. The molecule has 0 unspecified atom stereocenters. The van der Waals surface area contributed by atoms with E-state index in [2.05, 4.69) is 35.9 Å². The molecule has 5 heteroatoms. The van der Waals surface area contributed by atoms with E-state index in [9.17, 15) is 5.11 Å². The van der Waals surface area contributed by atoms with Gasteiger partial charge in [0, 0.05) is 31.6 Å². The normalized spacial score (nSPS) is 15.7. The smallest absolute Gasteiger partial charge is 0.165 e. The van der Waals surface area contributed by atoms with E-state index in [-0.39, 0.29) is 5.75 Å². The zero-order valence-electron chi connectivity index (χ0n) is 14.6. The van der Waals surface area contributed by atoms with Gasteiger partial charge in [-0.05, 0) is 38.2 Å². The fraction of sp³-hybridized carbons (Fsp3) is 0.300. The molecule has 3 aromatic rings. The Hall–Kier alpha value is -2.66. The number of anilines is 1. The number of aromatic hydroxyl groups is 1. The van der Waals surface area contributed by atoms with Gasteiger partial charge in [0.2, 0.25) is 0 Å². The Morgan fingerprint density at radius 1 is 0.960 bits per heavy atom. The third-order valence-corrected chi connectivity index (χ3v) is 4.78. The minimum atomic E-state index is 0.207. The van der Waals surface area contributed by atoms with Gasteiger partial charge >= 0.3 is 0 Å². The Balaban J connectivity index is 1.89. The van der Waals surface area contributed by atoms with E-state index in [0.717, 1.165) is 42.9 Å². The summed E-state index contributed by atoms with van der Waals surface area (Å²) in [7, 11) is 2.15. The van der Waals surface area contributed by atoms with Crippen LogP contribution in [-0.2, 0) is 0 Å². The molecule has 1 aliphatic heterocycles. The predicted molar refractivity (Wildman–Crippen MR) is 101 cm³/mol. The zero-order chi connectivity index (χ0) is 17.4. The molecule has 0 radical (unpaired) electrons. The average Bonchev–Trinajstić information content (AvgIpc) is 2.62. The van der Waals surface area contributed by atoms with Crippen molar-refractivity contribution >= 4 is 16.7 Å². The molecular weight excluding hydrogens is 312 g/mol. The van der Waals surface area contributed by atoms with Gasteiger partial charge in [0.25, 0.3) is 0 Å². The highest BCUT2D eigenvalue weighted by molar-refractivity contribution is 5.92. The van der Waals surface area contributed by atoms with Crippen LogP contribution >= 0.6 is 0 Å². The second-order valence-electron chi connectivity index (χ2n) is 6.70. The van der Waals surface area contributed by atoms with Crippen molar-refractivity contribution in [3.8, 4) is 17.1 Å². The Labute approximate surface area is 147 Å². The van der Waals surface area contributed by atoms with E-state index >= 15 is 0 Å². The second-order valence-corrected chi connectivity index (χ2v) is 6.70. The molecule has 0 amide bonds. The average molecular weight is 334 g/mol. The number of rotatable bonds is 2. The van der Waals surface area contributed by atoms with E-state index in [1.165, 1.54) is 5.56 Å². The molecule has 1 saturated heterocycles. The fourth-order valence-electron chi connectivity index (χ4n) is 3.27. The van der Waals surface area contributed by atoms with Crippen LogP contribution in [0.25, 0.3) is 22.3 Å². The summed E-state index contributed by atoms with van der Waals surface area (Å²) in [5.41, 5.74) is 2.77. The molecule has 0 atom stereocenters. The molecule has 0 spiro atoms. The highest BCUT2D eigenvalue weighted by Gasteiger charge is 2.20. The van der Waals surface area contributed by atoms with Gasteiger partial charge in [0.05, 0.1) is 11.1 Å². The SMILES string of the molecule is Cc1ccc2nc(-c3ccccc3O)nc(N3CCN(C)CC3)c2c1. The first-order chi connectivity index (χ1) is 12.1. The lowest BCUT2D eigenvalue weighted by Crippen LogP contribution is -2.45. The molecule has 2 heterocycles. The van der Waals surface area contributed by atoms with Gasteiger partial charge in [0.15, 0.2) is 5.82 Å². The molecule has 0 aliphatic carbocycles. The van der Waals surface area contributed by atoms with Crippen LogP contribution < -0.4 is 4.90 Å². The maximum absolute atomic E-state index is 10.2. The number of hydrogen-bond donors (Lipinski definition) is 1. The largest absolute Gasteiger partial charge is 0.507 e. The molecule has 128 valence electrons. The summed E-state index contributed by atoms with van der Waals surface area (Å²) >= 11 is 0. The molecule has 5 nitrogen and oxygen atoms in total. The van der Waals surface area contributed by atoms with Gasteiger partial charge in [-0.2, -0.15) is 0 Å². The van der Waals surface area contributed by atoms with Gasteiger partial charge in [-0.25, -0.2) is 9.97 Å². The topological polar surface area (TPSA) is 52.5 Å². The molecule has 1 aliphatic rings. The number of phenolic OH excluding ortho intramolecular Hbond substituents is 1. The third kappa shape index (κ3) is 3.03. The number of fused-ring (bicyclic) bond motifs is 1. The van der Waals surface area contributed by atoms with E-state index < -0.39 is 0 Å². The van der Waals surface area contributed by atoms with Crippen LogP contribution in [0, 0.1) is 6.92 Å². The number of piperazine rings is 1. The summed E-state index contributed by atoms with van der Waals surface area (Å²) in [6, 6.07) is 13.5. The lowest BCUT2D eigenvalue weighted by Gasteiger charge is -2.34. The molecule has 1 aromatic heterocycles. The summed E-state index contributed by atoms with van der Waals surface area (Å²) in [6.45, 7) is 6.00. The maximum Gasteiger partial charge on any atom is 0.165 e. The molecule has 1 fully saturated rings. The molecule has 1 N–H and O–H groups in total. The molecule has 25 heavy (non-hydrogen) atoms. The monoisotopic (exact) mass is 334 g/mol. The number of aryl methyl sites for hydroxylation is 1.